The first kappa shape index (κ1) is 4.91. The van der Waals surface area contributed by atoms with E-state index in [2.05, 4.69) is 15.6 Å². The van der Waals surface area contributed by atoms with Gasteiger partial charge in [0, 0.05) is 11.8 Å². The first-order chi connectivity index (χ1) is 4.36. The maximum Gasteiger partial charge on any atom is 0.231 e. The fourth-order valence-electron chi connectivity index (χ4n) is 1.05. The summed E-state index contributed by atoms with van der Waals surface area (Å²) in [6.07, 6.45) is 6.09. The van der Waals surface area contributed by atoms with Crippen molar-refractivity contribution in [3.8, 4) is 0 Å². The zero-order valence-corrected chi connectivity index (χ0v) is 5.41. The molecule has 1 unspecified atom stereocenters. The Morgan fingerprint density at radius 1 is 1.78 bits per heavy atom. The maximum atomic E-state index is 4.14. The summed E-state index contributed by atoms with van der Waals surface area (Å²) in [5.74, 6) is 0. The predicted molar refractivity (Wildman–Crippen MR) is 37.2 cm³/mol. The Bertz CT molecular complexity index is 223. The van der Waals surface area contributed by atoms with E-state index in [0.717, 1.165) is 5.70 Å². The summed E-state index contributed by atoms with van der Waals surface area (Å²) in [7, 11) is 0. The van der Waals surface area contributed by atoms with Crippen LogP contribution in [0.15, 0.2) is 16.8 Å². The standard InChI is InChI=1S/C7H9N2/c1-6-4-7-5-9(7)3-2-8-6/h2-4,7H,5H2,1H3/q+1. The van der Waals surface area contributed by atoms with Gasteiger partial charge in [-0.25, -0.2) is 4.58 Å². The van der Waals surface area contributed by atoms with Gasteiger partial charge in [0.25, 0.3) is 0 Å². The van der Waals surface area contributed by atoms with Crippen molar-refractivity contribution in [2.75, 3.05) is 6.54 Å². The molecule has 2 aliphatic rings. The molecule has 2 aliphatic heterocycles. The van der Waals surface area contributed by atoms with Gasteiger partial charge in [0.05, 0.1) is 6.21 Å². The molecule has 1 saturated heterocycles. The third-order valence-electron chi connectivity index (χ3n) is 1.66. The molecule has 2 rings (SSSR count). The van der Waals surface area contributed by atoms with Crippen molar-refractivity contribution in [1.82, 2.24) is 0 Å². The maximum absolute atomic E-state index is 4.14. The molecule has 0 radical (unpaired) electrons. The summed E-state index contributed by atoms with van der Waals surface area (Å²) in [5.41, 5.74) is 1.14. The van der Waals surface area contributed by atoms with Crippen molar-refractivity contribution in [3.05, 3.63) is 11.8 Å². The van der Waals surface area contributed by atoms with Crippen LogP contribution in [0.3, 0.4) is 0 Å². The van der Waals surface area contributed by atoms with Crippen LogP contribution in [0, 0.1) is 0 Å². The average molecular weight is 121 g/mol. The van der Waals surface area contributed by atoms with Gasteiger partial charge in [-0.15, -0.1) is 0 Å². The topological polar surface area (TPSA) is 15.4 Å². The first-order valence-corrected chi connectivity index (χ1v) is 3.18. The van der Waals surface area contributed by atoms with Gasteiger partial charge in [-0.05, 0) is 6.92 Å². The number of hydrogen-bond acceptors (Lipinski definition) is 1. The largest absolute Gasteiger partial charge is 0.255 e. The van der Waals surface area contributed by atoms with Crippen LogP contribution in [0.2, 0.25) is 0 Å². The van der Waals surface area contributed by atoms with Crippen LogP contribution < -0.4 is 0 Å². The molecule has 46 valence electrons. The minimum atomic E-state index is 0.660. The Kier molecular flexibility index (Phi) is 0.835. The molecule has 2 nitrogen and oxygen atoms in total. The Labute approximate surface area is 54.2 Å². The summed E-state index contributed by atoms with van der Waals surface area (Å²) in [5, 5.41) is 0. The van der Waals surface area contributed by atoms with Crippen molar-refractivity contribution in [2.24, 2.45) is 4.99 Å². The highest BCUT2D eigenvalue weighted by Crippen LogP contribution is 2.14. The normalized spacial score (nSPS) is 30.1. The molecule has 2 heterocycles. The molecule has 1 atom stereocenters. The van der Waals surface area contributed by atoms with E-state index in [1.165, 1.54) is 6.54 Å². The van der Waals surface area contributed by atoms with E-state index in [-0.39, 0.29) is 0 Å². The molecule has 0 spiro atoms. The lowest BCUT2D eigenvalue weighted by Gasteiger charge is -1.80. The number of hydrogen-bond donors (Lipinski definition) is 0. The van der Waals surface area contributed by atoms with Gasteiger partial charge in [-0.2, -0.15) is 0 Å². The molecule has 9 heavy (non-hydrogen) atoms. The molecule has 0 bridgehead atoms. The highest BCUT2D eigenvalue weighted by molar-refractivity contribution is 6.14. The van der Waals surface area contributed by atoms with Gasteiger partial charge < -0.3 is 0 Å². The number of allylic oxidation sites excluding steroid dienone is 1. The highest BCUT2D eigenvalue weighted by atomic mass is 15.2. The second-order valence-electron chi connectivity index (χ2n) is 2.50. The van der Waals surface area contributed by atoms with Crippen LogP contribution >= 0.6 is 0 Å². The van der Waals surface area contributed by atoms with E-state index in [1.54, 1.807) is 0 Å². The van der Waals surface area contributed by atoms with Crippen molar-refractivity contribution in [3.63, 3.8) is 0 Å². The number of rotatable bonds is 0. The zero-order valence-electron chi connectivity index (χ0n) is 5.41. The van der Waals surface area contributed by atoms with Gasteiger partial charge in [-0.3, -0.25) is 4.99 Å². The van der Waals surface area contributed by atoms with Gasteiger partial charge in [0.2, 0.25) is 12.6 Å². The first-order valence-electron chi connectivity index (χ1n) is 3.18. The smallest absolute Gasteiger partial charge is 0.231 e. The van der Waals surface area contributed by atoms with E-state index in [9.17, 15) is 0 Å². The number of nitrogens with zero attached hydrogens (tertiary/aromatic N) is 2. The second-order valence-corrected chi connectivity index (χ2v) is 2.50. The summed E-state index contributed by atoms with van der Waals surface area (Å²) >= 11 is 0. The third-order valence-corrected chi connectivity index (χ3v) is 1.66. The lowest BCUT2D eigenvalue weighted by Crippen LogP contribution is -1.85. The van der Waals surface area contributed by atoms with Crippen LogP contribution in [0.25, 0.3) is 0 Å². The Morgan fingerprint density at radius 2 is 2.67 bits per heavy atom. The monoisotopic (exact) mass is 121 g/mol. The number of fused-ring (bicyclic) bond motifs is 1. The molecule has 0 aromatic carbocycles. The van der Waals surface area contributed by atoms with Gasteiger partial charge in [0.15, 0.2) is 6.21 Å². The molecule has 0 amide bonds. The molecule has 0 aromatic heterocycles. The minimum absolute atomic E-state index is 0.660. The van der Waals surface area contributed by atoms with E-state index < -0.39 is 0 Å². The predicted octanol–water partition coefficient (Wildman–Crippen LogP) is 0.440. The lowest BCUT2D eigenvalue weighted by molar-refractivity contribution is -0.344. The molecule has 0 N–H and O–H groups in total. The van der Waals surface area contributed by atoms with E-state index in [4.69, 9.17) is 0 Å². The van der Waals surface area contributed by atoms with Gasteiger partial charge in [-0.1, -0.05) is 0 Å². The molecule has 1 fully saturated rings. The van der Waals surface area contributed by atoms with Crippen molar-refractivity contribution >= 4 is 12.4 Å². The average Bonchev–Trinajstić information content (AvgIpc) is 2.43. The quantitative estimate of drug-likeness (QED) is 0.326. The van der Waals surface area contributed by atoms with Crippen LogP contribution in [0.1, 0.15) is 6.92 Å². The van der Waals surface area contributed by atoms with Gasteiger partial charge in [0.1, 0.15) is 0 Å². The minimum Gasteiger partial charge on any atom is -0.255 e. The van der Waals surface area contributed by atoms with Crippen molar-refractivity contribution in [2.45, 2.75) is 13.0 Å². The van der Waals surface area contributed by atoms with E-state index >= 15 is 0 Å². The fourth-order valence-corrected chi connectivity index (χ4v) is 1.05. The van der Waals surface area contributed by atoms with Crippen LogP contribution in [0.4, 0.5) is 0 Å². The summed E-state index contributed by atoms with van der Waals surface area (Å²) in [4.78, 5) is 4.14. The summed E-state index contributed by atoms with van der Waals surface area (Å²) in [6, 6.07) is 0.660. The van der Waals surface area contributed by atoms with E-state index in [0.29, 0.717) is 6.04 Å². The van der Waals surface area contributed by atoms with Crippen molar-refractivity contribution < 1.29 is 4.58 Å². The lowest BCUT2D eigenvalue weighted by atomic mass is 10.4. The zero-order chi connectivity index (χ0) is 6.27. The van der Waals surface area contributed by atoms with Crippen molar-refractivity contribution in [1.29, 1.82) is 0 Å². The van der Waals surface area contributed by atoms with E-state index in [1.807, 2.05) is 19.4 Å². The Balaban J connectivity index is 2.35. The molecular weight excluding hydrogens is 112 g/mol. The molecule has 2 heteroatoms. The van der Waals surface area contributed by atoms with Gasteiger partial charge >= 0.3 is 0 Å². The highest BCUT2D eigenvalue weighted by Gasteiger charge is 2.38. The Morgan fingerprint density at radius 3 is 3.56 bits per heavy atom. The third kappa shape index (κ3) is 0.803. The van der Waals surface area contributed by atoms with Crippen LogP contribution in [-0.4, -0.2) is 29.6 Å². The summed E-state index contributed by atoms with van der Waals surface area (Å²) in [6.45, 7) is 3.22. The molecule has 0 saturated carbocycles. The van der Waals surface area contributed by atoms with Crippen LogP contribution in [0.5, 0.6) is 0 Å². The molecule has 0 aliphatic carbocycles. The summed E-state index contributed by atoms with van der Waals surface area (Å²) < 4.78 is 2.25. The van der Waals surface area contributed by atoms with Crippen LogP contribution in [-0.2, 0) is 0 Å². The number of aliphatic imine (C=N–C) groups is 1. The SMILES string of the molecule is CC1=CC2C[N+]2=CC=N1. The fraction of sp³-hybridized carbons (Fsp3) is 0.429. The molecule has 0 aromatic rings. The molecular formula is C7H9N2+. The second kappa shape index (κ2) is 1.53. The Hall–Kier alpha value is -0.920.